The zero-order valence-corrected chi connectivity index (χ0v) is 10.4. The molecule has 0 bridgehead atoms. The van der Waals surface area contributed by atoms with E-state index in [2.05, 4.69) is 4.98 Å². The summed E-state index contributed by atoms with van der Waals surface area (Å²) in [6, 6.07) is 15.8. The molecule has 3 nitrogen and oxygen atoms in total. The first kappa shape index (κ1) is 10.4. The Morgan fingerprint density at radius 2 is 1.84 bits per heavy atom. The number of hydrogen-bond acceptors (Lipinski definition) is 3. The summed E-state index contributed by atoms with van der Waals surface area (Å²) in [4.78, 5) is 4.48. The minimum Gasteiger partial charge on any atom is -0.451 e. The van der Waals surface area contributed by atoms with Crippen molar-refractivity contribution in [1.82, 2.24) is 4.98 Å². The Bertz CT molecular complexity index is 853. The Balaban J connectivity index is 1.96. The van der Waals surface area contributed by atoms with Crippen LogP contribution in [0.1, 0.15) is 5.56 Å². The number of para-hydroxylation sites is 2. The van der Waals surface area contributed by atoms with Gasteiger partial charge in [0.1, 0.15) is 11.1 Å². The Morgan fingerprint density at radius 3 is 2.68 bits per heavy atom. The van der Waals surface area contributed by atoms with Crippen molar-refractivity contribution in [1.29, 1.82) is 0 Å². The van der Waals surface area contributed by atoms with Crippen molar-refractivity contribution in [3.05, 3.63) is 54.1 Å². The average Bonchev–Trinajstić information content (AvgIpc) is 3.02. The highest BCUT2D eigenvalue weighted by Crippen LogP contribution is 2.30. The van der Waals surface area contributed by atoms with Gasteiger partial charge in [0.15, 0.2) is 11.3 Å². The van der Waals surface area contributed by atoms with Gasteiger partial charge in [-0.25, -0.2) is 4.98 Å². The molecule has 0 fully saturated rings. The van der Waals surface area contributed by atoms with Gasteiger partial charge in [0.2, 0.25) is 0 Å². The fourth-order valence-corrected chi connectivity index (χ4v) is 2.28. The minimum atomic E-state index is 0.528. The summed E-state index contributed by atoms with van der Waals surface area (Å²) in [7, 11) is 0. The molecule has 2 heterocycles. The highest BCUT2D eigenvalue weighted by Gasteiger charge is 2.13. The molecule has 0 saturated heterocycles. The van der Waals surface area contributed by atoms with Gasteiger partial charge >= 0.3 is 0 Å². The molecule has 0 aliphatic rings. The van der Waals surface area contributed by atoms with Crippen LogP contribution >= 0.6 is 0 Å². The summed E-state index contributed by atoms with van der Waals surface area (Å²) in [5.41, 5.74) is 3.59. The molecule has 0 amide bonds. The van der Waals surface area contributed by atoms with Gasteiger partial charge in [0.25, 0.3) is 5.89 Å². The lowest BCUT2D eigenvalue weighted by molar-refractivity contribution is 0.558. The van der Waals surface area contributed by atoms with E-state index < -0.39 is 0 Å². The van der Waals surface area contributed by atoms with Crippen LogP contribution in [0.15, 0.2) is 57.4 Å². The number of fused-ring (bicyclic) bond motifs is 2. The molecule has 19 heavy (non-hydrogen) atoms. The Labute approximate surface area is 109 Å². The third-order valence-corrected chi connectivity index (χ3v) is 3.25. The van der Waals surface area contributed by atoms with E-state index in [0.29, 0.717) is 11.7 Å². The van der Waals surface area contributed by atoms with Gasteiger partial charge in [-0.2, -0.15) is 0 Å². The summed E-state index contributed by atoms with van der Waals surface area (Å²) in [6.07, 6.45) is 0. The van der Waals surface area contributed by atoms with Crippen LogP contribution in [0.2, 0.25) is 0 Å². The second-order valence-corrected chi connectivity index (χ2v) is 4.59. The molecule has 92 valence electrons. The van der Waals surface area contributed by atoms with E-state index in [0.717, 1.165) is 27.6 Å². The quantitative estimate of drug-likeness (QED) is 0.496. The molecule has 0 atom stereocenters. The Hall–Kier alpha value is -2.55. The molecule has 0 aliphatic heterocycles. The maximum Gasteiger partial charge on any atom is 0.264 e. The number of hydrogen-bond donors (Lipinski definition) is 0. The number of oxazole rings is 1. The lowest BCUT2D eigenvalue weighted by atomic mass is 10.2. The second-order valence-electron chi connectivity index (χ2n) is 4.59. The van der Waals surface area contributed by atoms with Crippen LogP contribution in [-0.2, 0) is 0 Å². The van der Waals surface area contributed by atoms with E-state index in [9.17, 15) is 0 Å². The fraction of sp³-hybridized carbons (Fsp3) is 0.0625. The van der Waals surface area contributed by atoms with E-state index >= 15 is 0 Å². The van der Waals surface area contributed by atoms with Gasteiger partial charge < -0.3 is 8.83 Å². The molecule has 0 unspecified atom stereocenters. The highest BCUT2D eigenvalue weighted by atomic mass is 16.4. The zero-order valence-electron chi connectivity index (χ0n) is 10.4. The predicted octanol–water partition coefficient (Wildman–Crippen LogP) is 4.55. The lowest BCUT2D eigenvalue weighted by Gasteiger charge is -1.89. The number of rotatable bonds is 1. The highest BCUT2D eigenvalue weighted by molar-refractivity contribution is 5.83. The Kier molecular flexibility index (Phi) is 2.03. The smallest absolute Gasteiger partial charge is 0.264 e. The molecule has 4 rings (SSSR count). The normalized spacial score (nSPS) is 11.4. The van der Waals surface area contributed by atoms with Gasteiger partial charge in [-0.15, -0.1) is 0 Å². The summed E-state index contributed by atoms with van der Waals surface area (Å²) in [6.45, 7) is 2.01. The van der Waals surface area contributed by atoms with E-state index in [4.69, 9.17) is 8.83 Å². The molecule has 0 radical (unpaired) electrons. The van der Waals surface area contributed by atoms with Gasteiger partial charge in [0, 0.05) is 5.39 Å². The molecule has 0 saturated carbocycles. The molecular formula is C16H11NO2. The largest absolute Gasteiger partial charge is 0.451 e. The van der Waals surface area contributed by atoms with Crippen molar-refractivity contribution in [3.8, 4) is 11.7 Å². The van der Waals surface area contributed by atoms with Crippen LogP contribution in [0, 0.1) is 6.92 Å². The molecule has 2 aromatic heterocycles. The molecule has 0 spiro atoms. The molecule has 2 aromatic carbocycles. The monoisotopic (exact) mass is 249 g/mol. The number of aryl methyl sites for hydroxylation is 1. The first-order valence-corrected chi connectivity index (χ1v) is 6.16. The van der Waals surface area contributed by atoms with Gasteiger partial charge in [0.05, 0.1) is 0 Å². The van der Waals surface area contributed by atoms with Crippen molar-refractivity contribution >= 4 is 22.1 Å². The molecule has 4 aromatic rings. The summed E-state index contributed by atoms with van der Waals surface area (Å²) >= 11 is 0. The number of furan rings is 1. The molecular weight excluding hydrogens is 238 g/mol. The maximum absolute atomic E-state index is 5.81. The van der Waals surface area contributed by atoms with E-state index in [-0.39, 0.29) is 0 Å². The van der Waals surface area contributed by atoms with E-state index in [1.54, 1.807) is 0 Å². The summed E-state index contributed by atoms with van der Waals surface area (Å²) < 4.78 is 11.6. The topological polar surface area (TPSA) is 39.2 Å². The first-order valence-electron chi connectivity index (χ1n) is 6.16. The molecule has 0 N–H and O–H groups in total. The van der Waals surface area contributed by atoms with Crippen molar-refractivity contribution in [3.63, 3.8) is 0 Å². The Morgan fingerprint density at radius 1 is 0.947 bits per heavy atom. The number of benzene rings is 2. The van der Waals surface area contributed by atoms with Crippen molar-refractivity contribution < 1.29 is 8.83 Å². The van der Waals surface area contributed by atoms with Crippen LogP contribution in [0.4, 0.5) is 0 Å². The standard InChI is InChI=1S/C16H11NO2/c1-10-5-4-7-12-15(10)19-16(17-12)14-9-11-6-2-3-8-13(11)18-14/h2-9H,1H3. The average molecular weight is 249 g/mol. The van der Waals surface area contributed by atoms with Crippen LogP contribution in [-0.4, -0.2) is 4.98 Å². The predicted molar refractivity (Wildman–Crippen MR) is 74.0 cm³/mol. The summed E-state index contributed by atoms with van der Waals surface area (Å²) in [5, 5.41) is 1.05. The van der Waals surface area contributed by atoms with Gasteiger partial charge in [-0.1, -0.05) is 30.3 Å². The van der Waals surface area contributed by atoms with Crippen molar-refractivity contribution in [2.75, 3.05) is 0 Å². The van der Waals surface area contributed by atoms with E-state index in [1.165, 1.54) is 0 Å². The third-order valence-electron chi connectivity index (χ3n) is 3.25. The minimum absolute atomic E-state index is 0.528. The SMILES string of the molecule is Cc1cccc2nc(-c3cc4ccccc4o3)oc12. The molecule has 0 aliphatic carbocycles. The van der Waals surface area contributed by atoms with Crippen molar-refractivity contribution in [2.24, 2.45) is 0 Å². The zero-order chi connectivity index (χ0) is 12.8. The summed E-state index contributed by atoms with van der Waals surface area (Å²) in [5.74, 6) is 1.19. The van der Waals surface area contributed by atoms with E-state index in [1.807, 2.05) is 55.5 Å². The van der Waals surface area contributed by atoms with Crippen LogP contribution in [0.5, 0.6) is 0 Å². The first-order chi connectivity index (χ1) is 9.31. The fourth-order valence-electron chi connectivity index (χ4n) is 2.28. The third kappa shape index (κ3) is 1.55. The van der Waals surface area contributed by atoms with Crippen LogP contribution in [0.3, 0.4) is 0 Å². The number of aromatic nitrogens is 1. The lowest BCUT2D eigenvalue weighted by Crippen LogP contribution is -1.72. The van der Waals surface area contributed by atoms with Gasteiger partial charge in [-0.05, 0) is 30.7 Å². The second kappa shape index (κ2) is 3.72. The number of nitrogens with zero attached hydrogens (tertiary/aromatic N) is 1. The maximum atomic E-state index is 5.81. The molecule has 3 heteroatoms. The van der Waals surface area contributed by atoms with Crippen LogP contribution in [0.25, 0.3) is 33.7 Å². The van der Waals surface area contributed by atoms with Gasteiger partial charge in [-0.3, -0.25) is 0 Å². The van der Waals surface area contributed by atoms with Crippen molar-refractivity contribution in [2.45, 2.75) is 6.92 Å². The van der Waals surface area contributed by atoms with Crippen LogP contribution < -0.4 is 0 Å².